The molecule has 1 saturated heterocycles. The third-order valence-electron chi connectivity index (χ3n) is 2.52. The first-order chi connectivity index (χ1) is 8.88. The highest BCUT2D eigenvalue weighted by Gasteiger charge is 2.40. The number of amides is 2. The second-order valence-corrected chi connectivity index (χ2v) is 6.25. The van der Waals surface area contributed by atoms with Gasteiger partial charge in [0.05, 0.1) is 5.69 Å². The molecule has 0 spiro atoms. The molecule has 19 heavy (non-hydrogen) atoms. The van der Waals surface area contributed by atoms with Crippen molar-refractivity contribution in [3.05, 3.63) is 28.2 Å². The zero-order valence-corrected chi connectivity index (χ0v) is 12.2. The summed E-state index contributed by atoms with van der Waals surface area (Å²) in [5.74, 6) is -0.773. The molecule has 100 valence electrons. The van der Waals surface area contributed by atoms with Gasteiger partial charge in [0.15, 0.2) is 5.12 Å². The zero-order valence-electron chi connectivity index (χ0n) is 9.85. The second kappa shape index (κ2) is 5.53. The van der Waals surface area contributed by atoms with Crippen molar-refractivity contribution in [2.75, 3.05) is 4.90 Å². The lowest BCUT2D eigenvalue weighted by atomic mass is 10.3. The Morgan fingerprint density at radius 2 is 1.84 bits per heavy atom. The quantitative estimate of drug-likeness (QED) is 0.787. The lowest BCUT2D eigenvalue weighted by molar-refractivity contribution is -0.121. The monoisotopic (exact) mass is 317 g/mol. The molecule has 0 radical (unpaired) electrons. The molecule has 4 nitrogen and oxygen atoms in total. The Balaban J connectivity index is 2.32. The molecular formula is C12H9Cl2NO3S. The van der Waals surface area contributed by atoms with Crippen LogP contribution in [0.4, 0.5) is 5.69 Å². The molecule has 0 bridgehead atoms. The highest BCUT2D eigenvalue weighted by Crippen LogP contribution is 2.32. The van der Waals surface area contributed by atoms with Gasteiger partial charge in [0.2, 0.25) is 11.8 Å². The van der Waals surface area contributed by atoms with Crippen molar-refractivity contribution in [2.45, 2.75) is 18.6 Å². The van der Waals surface area contributed by atoms with E-state index in [0.29, 0.717) is 15.7 Å². The number of nitrogens with zero attached hydrogens (tertiary/aromatic N) is 1. The van der Waals surface area contributed by atoms with Gasteiger partial charge in [-0.2, -0.15) is 0 Å². The van der Waals surface area contributed by atoms with E-state index >= 15 is 0 Å². The molecule has 2 rings (SSSR count). The van der Waals surface area contributed by atoms with Gasteiger partial charge in [-0.1, -0.05) is 35.0 Å². The zero-order chi connectivity index (χ0) is 14.2. The summed E-state index contributed by atoms with van der Waals surface area (Å²) >= 11 is 12.6. The molecule has 2 amide bonds. The third kappa shape index (κ3) is 3.11. The number of carbonyl (C=O) groups excluding carboxylic acids is 3. The molecule has 1 fully saturated rings. The molecule has 0 aromatic heterocycles. The fourth-order valence-corrected chi connectivity index (χ4v) is 3.18. The third-order valence-corrected chi connectivity index (χ3v) is 3.94. The molecule has 1 unspecified atom stereocenters. The molecule has 1 aliphatic rings. The highest BCUT2D eigenvalue weighted by molar-refractivity contribution is 8.14. The molecular weight excluding hydrogens is 309 g/mol. The van der Waals surface area contributed by atoms with E-state index in [1.165, 1.54) is 25.1 Å². The van der Waals surface area contributed by atoms with E-state index in [1.54, 1.807) is 0 Å². The Morgan fingerprint density at radius 1 is 1.26 bits per heavy atom. The van der Waals surface area contributed by atoms with E-state index in [2.05, 4.69) is 0 Å². The summed E-state index contributed by atoms with van der Waals surface area (Å²) in [5.41, 5.74) is 0.333. The van der Waals surface area contributed by atoms with E-state index in [0.717, 1.165) is 16.7 Å². The van der Waals surface area contributed by atoms with Crippen molar-refractivity contribution in [3.8, 4) is 0 Å². The van der Waals surface area contributed by atoms with Crippen LogP contribution in [0.15, 0.2) is 18.2 Å². The average molecular weight is 318 g/mol. The van der Waals surface area contributed by atoms with Crippen LogP contribution in [0.3, 0.4) is 0 Å². The first-order valence-electron chi connectivity index (χ1n) is 5.38. The number of hydrogen-bond acceptors (Lipinski definition) is 4. The van der Waals surface area contributed by atoms with Gasteiger partial charge in [-0.25, -0.2) is 4.90 Å². The van der Waals surface area contributed by atoms with E-state index in [-0.39, 0.29) is 17.4 Å². The number of hydrogen-bond donors (Lipinski definition) is 0. The minimum Gasteiger partial charge on any atom is -0.288 e. The van der Waals surface area contributed by atoms with Crippen LogP contribution in [-0.4, -0.2) is 22.2 Å². The maximum atomic E-state index is 12.1. The van der Waals surface area contributed by atoms with Gasteiger partial charge in [0, 0.05) is 23.4 Å². The fourth-order valence-electron chi connectivity index (χ4n) is 1.84. The van der Waals surface area contributed by atoms with Crippen LogP contribution in [0, 0.1) is 0 Å². The lowest BCUT2D eigenvalue weighted by Crippen LogP contribution is -2.31. The normalized spacial score (nSPS) is 19.1. The molecule has 1 aromatic carbocycles. The molecule has 0 N–H and O–H groups in total. The van der Waals surface area contributed by atoms with Crippen LogP contribution in [0.5, 0.6) is 0 Å². The Labute approximate surface area is 124 Å². The van der Waals surface area contributed by atoms with Crippen molar-refractivity contribution < 1.29 is 14.4 Å². The highest BCUT2D eigenvalue weighted by atomic mass is 35.5. The smallest absolute Gasteiger partial charge is 0.247 e. The fraction of sp³-hybridized carbons (Fsp3) is 0.250. The summed E-state index contributed by atoms with van der Waals surface area (Å²) in [6.45, 7) is 1.36. The summed E-state index contributed by atoms with van der Waals surface area (Å²) < 4.78 is 0. The lowest BCUT2D eigenvalue weighted by Gasteiger charge is -2.15. The van der Waals surface area contributed by atoms with Crippen molar-refractivity contribution >= 4 is 57.6 Å². The first kappa shape index (κ1) is 14.4. The predicted octanol–water partition coefficient (Wildman–Crippen LogP) is 2.91. The topological polar surface area (TPSA) is 54.5 Å². The molecule has 1 heterocycles. The maximum absolute atomic E-state index is 12.1. The van der Waals surface area contributed by atoms with E-state index < -0.39 is 11.2 Å². The van der Waals surface area contributed by atoms with Crippen LogP contribution < -0.4 is 4.90 Å². The van der Waals surface area contributed by atoms with Gasteiger partial charge >= 0.3 is 0 Å². The summed E-state index contributed by atoms with van der Waals surface area (Å²) in [6, 6.07) is 4.49. The number of rotatable bonds is 2. The molecule has 0 saturated carbocycles. The molecule has 1 atom stereocenters. The molecule has 0 aliphatic carbocycles. The van der Waals surface area contributed by atoms with Gasteiger partial charge in [-0.15, -0.1) is 0 Å². The van der Waals surface area contributed by atoms with E-state index in [4.69, 9.17) is 23.2 Å². The van der Waals surface area contributed by atoms with Crippen molar-refractivity contribution in [3.63, 3.8) is 0 Å². The van der Waals surface area contributed by atoms with Crippen LogP contribution in [0.25, 0.3) is 0 Å². The van der Waals surface area contributed by atoms with Gasteiger partial charge in [-0.05, 0) is 18.2 Å². The number of imide groups is 1. The van der Waals surface area contributed by atoms with Gasteiger partial charge in [0.1, 0.15) is 5.25 Å². The van der Waals surface area contributed by atoms with E-state index in [9.17, 15) is 14.4 Å². The van der Waals surface area contributed by atoms with Crippen LogP contribution >= 0.6 is 35.0 Å². The average Bonchev–Trinajstić information content (AvgIpc) is 2.51. The molecule has 7 heteroatoms. The molecule has 1 aromatic rings. The van der Waals surface area contributed by atoms with E-state index in [1.807, 2.05) is 0 Å². The van der Waals surface area contributed by atoms with Crippen molar-refractivity contribution in [1.82, 2.24) is 0 Å². The van der Waals surface area contributed by atoms with Crippen LogP contribution in [-0.2, 0) is 14.4 Å². The van der Waals surface area contributed by atoms with Crippen LogP contribution in [0.2, 0.25) is 10.0 Å². The van der Waals surface area contributed by atoms with Gasteiger partial charge in [-0.3, -0.25) is 14.4 Å². The van der Waals surface area contributed by atoms with Gasteiger partial charge < -0.3 is 0 Å². The largest absolute Gasteiger partial charge is 0.288 e. The number of anilines is 1. The summed E-state index contributed by atoms with van der Waals surface area (Å²) in [7, 11) is 0. The number of halogens is 2. The Bertz CT molecular complexity index is 556. The summed E-state index contributed by atoms with van der Waals surface area (Å²) in [5, 5.41) is -0.184. The Morgan fingerprint density at radius 3 is 2.37 bits per heavy atom. The number of benzene rings is 1. The van der Waals surface area contributed by atoms with Crippen molar-refractivity contribution in [2.24, 2.45) is 0 Å². The van der Waals surface area contributed by atoms with Crippen molar-refractivity contribution in [1.29, 1.82) is 0 Å². The standard InChI is InChI=1S/C12H9Cl2NO3S/c1-6(16)19-10-5-11(17)15(12(10)18)9-3-7(13)2-8(14)4-9/h2-4,10H,5H2,1H3. The predicted molar refractivity (Wildman–Crippen MR) is 75.6 cm³/mol. The Hall–Kier alpha value is -1.04. The number of carbonyl (C=O) groups is 3. The van der Waals surface area contributed by atoms with Gasteiger partial charge in [0.25, 0.3) is 0 Å². The minimum absolute atomic E-state index is 0.00716. The number of thioether (sulfide) groups is 1. The summed E-state index contributed by atoms with van der Waals surface area (Å²) in [4.78, 5) is 36.1. The maximum Gasteiger partial charge on any atom is 0.247 e. The van der Waals surface area contributed by atoms with Crippen LogP contribution in [0.1, 0.15) is 13.3 Å². The molecule has 1 aliphatic heterocycles. The minimum atomic E-state index is -0.664. The first-order valence-corrected chi connectivity index (χ1v) is 7.02. The second-order valence-electron chi connectivity index (χ2n) is 4.00. The Kier molecular flexibility index (Phi) is 4.18. The SMILES string of the molecule is CC(=O)SC1CC(=O)N(c2cc(Cl)cc(Cl)c2)C1=O. The summed E-state index contributed by atoms with van der Waals surface area (Å²) in [6.07, 6.45) is 0.00716.